The number of rotatable bonds is 3. The van der Waals surface area contributed by atoms with Crippen LogP contribution >= 0.6 is 11.6 Å². The number of halogens is 3. The maximum Gasteiger partial charge on any atom is 0.258 e. The van der Waals surface area contributed by atoms with Crippen molar-refractivity contribution in [3.63, 3.8) is 0 Å². The summed E-state index contributed by atoms with van der Waals surface area (Å²) in [5, 5.41) is 11.8. The van der Waals surface area contributed by atoms with Crippen LogP contribution in [0.5, 0.6) is 5.75 Å². The fraction of sp³-hybridized carbons (Fsp3) is 0.333. The second-order valence-corrected chi connectivity index (χ2v) is 3.34. The number of alkyl halides is 2. The van der Waals surface area contributed by atoms with E-state index in [2.05, 4.69) is 5.32 Å². The van der Waals surface area contributed by atoms with Crippen molar-refractivity contribution in [1.29, 1.82) is 0 Å². The molecule has 0 saturated carbocycles. The summed E-state index contributed by atoms with van der Waals surface area (Å²) in [6.07, 6.45) is -2.44. The molecule has 1 aromatic carbocycles. The van der Waals surface area contributed by atoms with Gasteiger partial charge in [0.25, 0.3) is 6.43 Å². The molecule has 2 N–H and O–H groups in total. The molecule has 0 heterocycles. The van der Waals surface area contributed by atoms with E-state index >= 15 is 0 Å². The standard InChI is InChI=1S/C9H10ClF2NO/c1-5(9(11)12)13-6-2-3-8(14)7(10)4-6/h2-5,9,13-14H,1H3. The Labute approximate surface area is 85.5 Å². The molecular weight excluding hydrogens is 212 g/mol. The first kappa shape index (κ1) is 11.0. The number of anilines is 1. The number of phenolic OH excluding ortho intramolecular Hbond substituents is 1. The molecule has 0 amide bonds. The van der Waals surface area contributed by atoms with Gasteiger partial charge in [-0.15, -0.1) is 0 Å². The monoisotopic (exact) mass is 221 g/mol. The van der Waals surface area contributed by atoms with Gasteiger partial charge in [-0.05, 0) is 25.1 Å². The lowest BCUT2D eigenvalue weighted by molar-refractivity contribution is 0.131. The van der Waals surface area contributed by atoms with Gasteiger partial charge in [-0.25, -0.2) is 8.78 Å². The first-order valence-electron chi connectivity index (χ1n) is 4.04. The normalized spacial score (nSPS) is 12.9. The maximum atomic E-state index is 12.1. The summed E-state index contributed by atoms with van der Waals surface area (Å²) in [7, 11) is 0. The predicted octanol–water partition coefficient (Wildman–Crippen LogP) is 3.11. The van der Waals surface area contributed by atoms with Gasteiger partial charge in [0.2, 0.25) is 0 Å². The van der Waals surface area contributed by atoms with E-state index in [9.17, 15) is 8.78 Å². The molecule has 5 heteroatoms. The van der Waals surface area contributed by atoms with Crippen molar-refractivity contribution < 1.29 is 13.9 Å². The topological polar surface area (TPSA) is 32.3 Å². The molecule has 1 aromatic rings. The molecule has 1 rings (SSSR count). The summed E-state index contributed by atoms with van der Waals surface area (Å²) >= 11 is 5.60. The zero-order chi connectivity index (χ0) is 10.7. The molecule has 0 fully saturated rings. The Morgan fingerprint density at radius 3 is 2.57 bits per heavy atom. The van der Waals surface area contributed by atoms with Gasteiger partial charge in [-0.1, -0.05) is 11.6 Å². The minimum absolute atomic E-state index is 0.0677. The van der Waals surface area contributed by atoms with E-state index in [0.717, 1.165) is 0 Å². The molecule has 14 heavy (non-hydrogen) atoms. The SMILES string of the molecule is CC(Nc1ccc(O)c(Cl)c1)C(F)F. The van der Waals surface area contributed by atoms with E-state index in [-0.39, 0.29) is 10.8 Å². The Balaban J connectivity index is 2.73. The van der Waals surface area contributed by atoms with Crippen molar-refractivity contribution in [3.8, 4) is 5.75 Å². The molecule has 1 atom stereocenters. The van der Waals surface area contributed by atoms with E-state index in [4.69, 9.17) is 16.7 Å². The Hall–Kier alpha value is -1.03. The van der Waals surface area contributed by atoms with Crippen LogP contribution in [0.3, 0.4) is 0 Å². The average molecular weight is 222 g/mol. The van der Waals surface area contributed by atoms with E-state index in [1.807, 2.05) is 0 Å². The summed E-state index contributed by atoms with van der Waals surface area (Å²) in [5.41, 5.74) is 0.459. The number of benzene rings is 1. The zero-order valence-electron chi connectivity index (χ0n) is 7.47. The third-order valence-corrected chi connectivity index (χ3v) is 2.02. The maximum absolute atomic E-state index is 12.1. The quantitative estimate of drug-likeness (QED) is 0.769. The number of aromatic hydroxyl groups is 1. The highest BCUT2D eigenvalue weighted by molar-refractivity contribution is 6.32. The lowest BCUT2D eigenvalue weighted by Crippen LogP contribution is -2.23. The van der Waals surface area contributed by atoms with Crippen molar-refractivity contribution in [1.82, 2.24) is 0 Å². The van der Waals surface area contributed by atoms with Crippen molar-refractivity contribution in [2.75, 3.05) is 5.32 Å². The first-order valence-corrected chi connectivity index (χ1v) is 4.41. The fourth-order valence-electron chi connectivity index (χ4n) is 0.923. The van der Waals surface area contributed by atoms with Crippen LogP contribution in [0.2, 0.25) is 5.02 Å². The Kier molecular flexibility index (Phi) is 3.52. The van der Waals surface area contributed by atoms with Gasteiger partial charge < -0.3 is 10.4 Å². The van der Waals surface area contributed by atoms with Crippen LogP contribution in [0.25, 0.3) is 0 Å². The van der Waals surface area contributed by atoms with Crippen LogP contribution in [0.1, 0.15) is 6.92 Å². The lowest BCUT2D eigenvalue weighted by atomic mass is 10.2. The van der Waals surface area contributed by atoms with E-state index in [0.29, 0.717) is 5.69 Å². The van der Waals surface area contributed by atoms with Gasteiger partial charge in [0.05, 0.1) is 11.1 Å². The van der Waals surface area contributed by atoms with Crippen molar-refractivity contribution >= 4 is 17.3 Å². The van der Waals surface area contributed by atoms with Gasteiger partial charge in [0.15, 0.2) is 0 Å². The summed E-state index contributed by atoms with van der Waals surface area (Å²) in [5.74, 6) is -0.0677. The Morgan fingerprint density at radius 1 is 1.43 bits per heavy atom. The van der Waals surface area contributed by atoms with Crippen LogP contribution in [0.4, 0.5) is 14.5 Å². The Bertz CT molecular complexity index is 320. The minimum Gasteiger partial charge on any atom is -0.506 e. The Morgan fingerprint density at radius 2 is 2.07 bits per heavy atom. The van der Waals surface area contributed by atoms with Gasteiger partial charge in [0, 0.05) is 5.69 Å². The fourth-order valence-corrected chi connectivity index (χ4v) is 1.10. The number of hydrogen-bond donors (Lipinski definition) is 2. The van der Waals surface area contributed by atoms with Crippen molar-refractivity contribution in [2.45, 2.75) is 19.4 Å². The van der Waals surface area contributed by atoms with Crippen LogP contribution in [-0.4, -0.2) is 17.6 Å². The molecule has 2 nitrogen and oxygen atoms in total. The molecule has 0 aliphatic rings. The van der Waals surface area contributed by atoms with Crippen molar-refractivity contribution in [3.05, 3.63) is 23.2 Å². The third-order valence-electron chi connectivity index (χ3n) is 1.72. The van der Waals surface area contributed by atoms with E-state index in [1.165, 1.54) is 25.1 Å². The van der Waals surface area contributed by atoms with Crippen LogP contribution < -0.4 is 5.32 Å². The van der Waals surface area contributed by atoms with Crippen LogP contribution in [-0.2, 0) is 0 Å². The van der Waals surface area contributed by atoms with Gasteiger partial charge in [-0.2, -0.15) is 0 Å². The minimum atomic E-state index is -2.44. The first-order chi connectivity index (χ1) is 6.50. The molecule has 1 unspecified atom stereocenters. The summed E-state index contributed by atoms with van der Waals surface area (Å²) < 4.78 is 24.3. The average Bonchev–Trinajstić information content (AvgIpc) is 2.11. The second-order valence-electron chi connectivity index (χ2n) is 2.93. The highest BCUT2D eigenvalue weighted by Crippen LogP contribution is 2.26. The molecule has 0 aliphatic carbocycles. The van der Waals surface area contributed by atoms with Gasteiger partial charge in [0.1, 0.15) is 5.75 Å². The van der Waals surface area contributed by atoms with E-state index in [1.54, 1.807) is 0 Å². The van der Waals surface area contributed by atoms with Crippen LogP contribution in [0.15, 0.2) is 18.2 Å². The van der Waals surface area contributed by atoms with Crippen LogP contribution in [0, 0.1) is 0 Å². The molecule has 78 valence electrons. The van der Waals surface area contributed by atoms with Crippen molar-refractivity contribution in [2.24, 2.45) is 0 Å². The third kappa shape index (κ3) is 2.73. The lowest BCUT2D eigenvalue weighted by Gasteiger charge is -2.14. The largest absolute Gasteiger partial charge is 0.506 e. The summed E-state index contributed by atoms with van der Waals surface area (Å²) in [6.45, 7) is 1.37. The molecule has 0 radical (unpaired) electrons. The number of hydrogen-bond acceptors (Lipinski definition) is 2. The molecule has 0 aromatic heterocycles. The summed E-state index contributed by atoms with van der Waals surface area (Å²) in [6, 6.07) is 3.29. The zero-order valence-corrected chi connectivity index (χ0v) is 8.22. The molecule has 0 bridgehead atoms. The van der Waals surface area contributed by atoms with E-state index < -0.39 is 12.5 Å². The highest BCUT2D eigenvalue weighted by Gasteiger charge is 2.14. The highest BCUT2D eigenvalue weighted by atomic mass is 35.5. The molecule has 0 aliphatic heterocycles. The predicted molar refractivity (Wildman–Crippen MR) is 52.2 cm³/mol. The molecule has 0 saturated heterocycles. The van der Waals surface area contributed by atoms with Gasteiger partial charge >= 0.3 is 0 Å². The van der Waals surface area contributed by atoms with Gasteiger partial charge in [-0.3, -0.25) is 0 Å². The number of phenols is 1. The molecule has 0 spiro atoms. The smallest absolute Gasteiger partial charge is 0.258 e. The second kappa shape index (κ2) is 4.46. The summed E-state index contributed by atoms with van der Waals surface area (Å²) in [4.78, 5) is 0. The molecular formula is C9H10ClF2NO. The number of nitrogens with one attached hydrogen (secondary N) is 1.